The van der Waals surface area contributed by atoms with Gasteiger partial charge in [0.05, 0.1) is 32.8 Å². The van der Waals surface area contributed by atoms with Gasteiger partial charge in [0.1, 0.15) is 11.5 Å². The zero-order valence-electron chi connectivity index (χ0n) is 16.2. The number of hydrazine groups is 1. The molecule has 148 valence electrons. The Balaban J connectivity index is 2.17. The number of nitrogens with one attached hydrogen (secondary N) is 1. The number of hydrogen-bond acceptors (Lipinski definition) is 8. The van der Waals surface area contributed by atoms with E-state index in [2.05, 4.69) is 10.6 Å². The van der Waals surface area contributed by atoms with Gasteiger partial charge in [0.25, 0.3) is 0 Å². The molecule has 1 heterocycles. The lowest BCUT2D eigenvalue weighted by Crippen LogP contribution is -2.54. The van der Waals surface area contributed by atoms with Crippen molar-refractivity contribution in [1.82, 2.24) is 10.4 Å². The summed E-state index contributed by atoms with van der Waals surface area (Å²) in [6.45, 7) is 5.50. The minimum atomic E-state index is -0.917. The molecule has 1 aromatic carbocycles. The highest BCUT2D eigenvalue weighted by Gasteiger charge is 2.40. The van der Waals surface area contributed by atoms with Crippen LogP contribution in [0.5, 0.6) is 11.5 Å². The topological polar surface area (TPSA) is 98.7 Å². The summed E-state index contributed by atoms with van der Waals surface area (Å²) < 4.78 is 15.4. The average Bonchev–Trinajstić information content (AvgIpc) is 2.94. The van der Waals surface area contributed by atoms with E-state index in [-0.39, 0.29) is 25.4 Å². The maximum absolute atomic E-state index is 12.3. The predicted octanol–water partition coefficient (Wildman–Crippen LogP) is 1.81. The van der Waals surface area contributed by atoms with E-state index < -0.39 is 11.7 Å². The molecule has 0 aliphatic carbocycles. The molecule has 1 N–H and O–H groups in total. The number of rotatable bonds is 8. The predicted molar refractivity (Wildman–Crippen MR) is 97.1 cm³/mol. The second-order valence-corrected chi connectivity index (χ2v) is 6.19. The van der Waals surface area contributed by atoms with Crippen molar-refractivity contribution in [3.63, 3.8) is 0 Å². The zero-order valence-corrected chi connectivity index (χ0v) is 16.2. The van der Waals surface area contributed by atoms with Gasteiger partial charge in [-0.15, -0.1) is 0 Å². The van der Waals surface area contributed by atoms with Crippen molar-refractivity contribution in [1.29, 1.82) is 0 Å². The Kier molecular flexibility index (Phi) is 6.49. The molecular formula is C18H25N3O6. The first-order chi connectivity index (χ1) is 12.8. The number of carbonyl (C=O) groups excluding carboxylic acids is 2. The van der Waals surface area contributed by atoms with Crippen LogP contribution in [0.1, 0.15) is 39.2 Å². The lowest BCUT2D eigenvalue weighted by atomic mass is 10.1. The van der Waals surface area contributed by atoms with Gasteiger partial charge in [0.15, 0.2) is 0 Å². The molecule has 1 aromatic rings. The number of hydrogen-bond donors (Lipinski definition) is 1. The van der Waals surface area contributed by atoms with Crippen LogP contribution >= 0.6 is 0 Å². The maximum Gasteiger partial charge on any atom is 0.306 e. The van der Waals surface area contributed by atoms with E-state index in [1.54, 1.807) is 46.1 Å². The Morgan fingerprint density at radius 3 is 2.59 bits per heavy atom. The number of carbonyl (C=O) groups is 2. The Bertz CT molecular complexity index is 732. The zero-order chi connectivity index (χ0) is 20.0. The van der Waals surface area contributed by atoms with Gasteiger partial charge in [-0.1, -0.05) is 5.16 Å². The lowest BCUT2D eigenvalue weighted by molar-refractivity contribution is -0.146. The van der Waals surface area contributed by atoms with Gasteiger partial charge in [-0.25, -0.2) is 5.01 Å². The molecule has 2 rings (SSSR count). The third-order valence-corrected chi connectivity index (χ3v) is 3.85. The fraction of sp³-hybridized carbons (Fsp3) is 0.500. The van der Waals surface area contributed by atoms with E-state index >= 15 is 0 Å². The van der Waals surface area contributed by atoms with Gasteiger partial charge in [0.2, 0.25) is 17.5 Å². The van der Waals surface area contributed by atoms with Crippen LogP contribution in [-0.4, -0.2) is 49.3 Å². The first-order valence-electron chi connectivity index (χ1n) is 8.56. The Labute approximate surface area is 158 Å². The van der Waals surface area contributed by atoms with Crippen molar-refractivity contribution in [3.8, 4) is 11.5 Å². The largest absolute Gasteiger partial charge is 0.497 e. The highest BCUT2D eigenvalue weighted by atomic mass is 16.7. The van der Waals surface area contributed by atoms with Gasteiger partial charge >= 0.3 is 5.97 Å². The van der Waals surface area contributed by atoms with E-state index in [9.17, 15) is 9.59 Å². The van der Waals surface area contributed by atoms with E-state index in [0.29, 0.717) is 22.9 Å². The molecule has 0 bridgehead atoms. The van der Waals surface area contributed by atoms with Crippen molar-refractivity contribution in [2.24, 2.45) is 5.16 Å². The Morgan fingerprint density at radius 1 is 1.22 bits per heavy atom. The Hall–Kier alpha value is -2.97. The van der Waals surface area contributed by atoms with Crippen LogP contribution in [0.3, 0.4) is 0 Å². The van der Waals surface area contributed by atoms with Crippen molar-refractivity contribution in [2.75, 3.05) is 20.8 Å². The third kappa shape index (κ3) is 4.81. The molecule has 0 saturated heterocycles. The highest BCUT2D eigenvalue weighted by molar-refractivity contribution is 6.02. The number of oxime groups is 1. The van der Waals surface area contributed by atoms with Gasteiger partial charge in [-0.05, 0) is 32.9 Å². The molecule has 0 spiro atoms. The summed E-state index contributed by atoms with van der Waals surface area (Å²) in [6.07, 6.45) is -0.0222. The quantitative estimate of drug-likeness (QED) is 0.688. The second kappa shape index (κ2) is 8.61. The van der Waals surface area contributed by atoms with Gasteiger partial charge < -0.3 is 19.0 Å². The molecule has 0 atom stereocenters. The van der Waals surface area contributed by atoms with Crippen LogP contribution in [0.4, 0.5) is 0 Å². The minimum Gasteiger partial charge on any atom is -0.497 e. The van der Waals surface area contributed by atoms with Crippen LogP contribution in [0.2, 0.25) is 0 Å². The van der Waals surface area contributed by atoms with Crippen molar-refractivity contribution in [2.45, 2.75) is 39.3 Å². The van der Waals surface area contributed by atoms with E-state index in [1.165, 1.54) is 12.1 Å². The number of esters is 1. The number of amides is 1. The molecule has 27 heavy (non-hydrogen) atoms. The molecule has 0 aromatic heterocycles. The monoisotopic (exact) mass is 379 g/mol. The summed E-state index contributed by atoms with van der Waals surface area (Å²) in [5, 5.41) is 5.60. The summed E-state index contributed by atoms with van der Waals surface area (Å²) >= 11 is 0. The normalized spacial score (nSPS) is 14.9. The molecule has 9 heteroatoms. The van der Waals surface area contributed by atoms with Crippen molar-refractivity contribution < 1.29 is 28.6 Å². The number of methoxy groups -OCH3 is 2. The summed E-state index contributed by atoms with van der Waals surface area (Å²) in [6, 6.07) is 5.23. The molecule has 0 radical (unpaired) electrons. The second-order valence-electron chi connectivity index (χ2n) is 6.19. The summed E-state index contributed by atoms with van der Waals surface area (Å²) in [7, 11) is 3.09. The molecule has 1 aliphatic rings. The first-order valence-corrected chi connectivity index (χ1v) is 8.56. The van der Waals surface area contributed by atoms with Gasteiger partial charge in [0, 0.05) is 12.5 Å². The molecule has 1 amide bonds. The SMILES string of the molecule is CCOC(=O)CCC(=O)NN1C(c2ccc(OC)cc2OC)=NOC1(C)C. The van der Waals surface area contributed by atoms with Crippen LogP contribution in [0.25, 0.3) is 0 Å². The molecular weight excluding hydrogens is 354 g/mol. The molecule has 1 aliphatic heterocycles. The third-order valence-electron chi connectivity index (χ3n) is 3.85. The number of ether oxygens (including phenoxy) is 3. The fourth-order valence-electron chi connectivity index (χ4n) is 2.46. The minimum absolute atomic E-state index is 0.00681. The molecule has 0 saturated carbocycles. The standard InChI is InChI=1S/C18H25N3O6/c1-6-26-16(23)10-9-15(22)19-21-17(20-27-18(21,2)3)13-8-7-12(24-4)11-14(13)25-5/h7-8,11H,6,9-10H2,1-5H3,(H,19,22). The maximum atomic E-state index is 12.3. The van der Waals surface area contributed by atoms with Gasteiger partial charge in [-0.3, -0.25) is 15.0 Å². The summed E-state index contributed by atoms with van der Waals surface area (Å²) in [5.41, 5.74) is 2.44. The van der Waals surface area contributed by atoms with Crippen LogP contribution in [-0.2, 0) is 19.2 Å². The van der Waals surface area contributed by atoms with E-state index in [0.717, 1.165) is 0 Å². The van der Waals surface area contributed by atoms with E-state index in [4.69, 9.17) is 19.0 Å². The number of amidine groups is 1. The van der Waals surface area contributed by atoms with Crippen LogP contribution < -0.4 is 14.9 Å². The highest BCUT2D eigenvalue weighted by Crippen LogP contribution is 2.31. The average molecular weight is 379 g/mol. The van der Waals surface area contributed by atoms with Crippen molar-refractivity contribution in [3.05, 3.63) is 23.8 Å². The summed E-state index contributed by atoms with van der Waals surface area (Å²) in [4.78, 5) is 29.2. The van der Waals surface area contributed by atoms with Crippen molar-refractivity contribution >= 4 is 17.7 Å². The Morgan fingerprint density at radius 2 is 1.96 bits per heavy atom. The fourth-order valence-corrected chi connectivity index (χ4v) is 2.46. The number of benzene rings is 1. The lowest BCUT2D eigenvalue weighted by Gasteiger charge is -2.31. The van der Waals surface area contributed by atoms with Gasteiger partial charge in [-0.2, -0.15) is 0 Å². The summed E-state index contributed by atoms with van der Waals surface area (Å²) in [5.74, 6) is 0.737. The van der Waals surface area contributed by atoms with Crippen LogP contribution in [0.15, 0.2) is 23.4 Å². The molecule has 0 unspecified atom stereocenters. The smallest absolute Gasteiger partial charge is 0.306 e. The van der Waals surface area contributed by atoms with E-state index in [1.807, 2.05) is 0 Å². The van der Waals surface area contributed by atoms with Crippen LogP contribution in [0, 0.1) is 0 Å². The molecule has 9 nitrogen and oxygen atoms in total. The number of nitrogens with zero attached hydrogens (tertiary/aromatic N) is 2. The first kappa shape index (κ1) is 20.3. The molecule has 0 fully saturated rings.